The highest BCUT2D eigenvalue weighted by molar-refractivity contribution is 7.88. The first-order valence-corrected chi connectivity index (χ1v) is 11.8. The smallest absolute Gasteiger partial charge is 0.289 e. The minimum absolute atomic E-state index is 0.0367. The SMILES string of the molecule is CC(C)C1=NC(N2CCN(C(=O)C3CCN(S(C)(=O)=O)CC3)CC2)=NC(=O)C1F. The molecule has 0 saturated carbocycles. The number of rotatable bonds is 3. The molecule has 3 heterocycles. The molecule has 3 aliphatic heterocycles. The zero-order valence-corrected chi connectivity index (χ0v) is 17.9. The molecule has 0 bridgehead atoms. The molecule has 0 spiro atoms. The fourth-order valence-electron chi connectivity index (χ4n) is 3.86. The van der Waals surface area contributed by atoms with Crippen molar-refractivity contribution < 1.29 is 22.4 Å². The Morgan fingerprint density at radius 3 is 2.17 bits per heavy atom. The van der Waals surface area contributed by atoms with Gasteiger partial charge >= 0.3 is 0 Å². The summed E-state index contributed by atoms with van der Waals surface area (Å²) in [5.74, 6) is -0.934. The Balaban J connectivity index is 1.56. The molecule has 3 aliphatic rings. The summed E-state index contributed by atoms with van der Waals surface area (Å²) < 4.78 is 38.7. The molecular weight excluding hydrogens is 401 g/mol. The first kappa shape index (κ1) is 21.8. The van der Waals surface area contributed by atoms with E-state index in [2.05, 4.69) is 9.98 Å². The number of aliphatic imine (C=N–C) groups is 2. The minimum atomic E-state index is -3.22. The number of amides is 2. The second-order valence-electron chi connectivity index (χ2n) is 8.05. The van der Waals surface area contributed by atoms with Gasteiger partial charge in [-0.3, -0.25) is 9.59 Å². The van der Waals surface area contributed by atoms with Crippen LogP contribution in [0.5, 0.6) is 0 Å². The average Bonchev–Trinajstić information content (AvgIpc) is 2.68. The van der Waals surface area contributed by atoms with Gasteiger partial charge in [-0.05, 0) is 18.8 Å². The van der Waals surface area contributed by atoms with Crippen LogP contribution in [0.25, 0.3) is 0 Å². The maximum Gasteiger partial charge on any atom is 0.289 e. The maximum atomic E-state index is 14.0. The normalized spacial score (nSPS) is 25.3. The van der Waals surface area contributed by atoms with Crippen LogP contribution in [0.3, 0.4) is 0 Å². The van der Waals surface area contributed by atoms with Crippen molar-refractivity contribution in [3.8, 4) is 0 Å². The van der Waals surface area contributed by atoms with E-state index in [1.807, 2.05) is 4.90 Å². The lowest BCUT2D eigenvalue weighted by Crippen LogP contribution is -2.53. The lowest BCUT2D eigenvalue weighted by molar-refractivity contribution is -0.138. The molecule has 2 saturated heterocycles. The van der Waals surface area contributed by atoms with Gasteiger partial charge in [0.15, 0.2) is 0 Å². The summed E-state index contributed by atoms with van der Waals surface area (Å²) in [5.41, 5.74) is 0.191. The van der Waals surface area contributed by atoms with Gasteiger partial charge in [-0.2, -0.15) is 4.99 Å². The number of carbonyl (C=O) groups excluding carboxylic acids is 2. The average molecular weight is 430 g/mol. The summed E-state index contributed by atoms with van der Waals surface area (Å²) in [6.45, 7) is 6.16. The van der Waals surface area contributed by atoms with Crippen molar-refractivity contribution in [2.45, 2.75) is 32.9 Å². The van der Waals surface area contributed by atoms with Gasteiger partial charge in [-0.15, -0.1) is 0 Å². The first-order chi connectivity index (χ1) is 13.6. The Morgan fingerprint density at radius 2 is 1.66 bits per heavy atom. The number of carbonyl (C=O) groups is 2. The first-order valence-electron chi connectivity index (χ1n) is 9.92. The maximum absolute atomic E-state index is 14.0. The number of nitrogens with zero attached hydrogens (tertiary/aromatic N) is 5. The number of guanidine groups is 1. The quantitative estimate of drug-likeness (QED) is 0.635. The fraction of sp³-hybridized carbons (Fsp3) is 0.778. The molecule has 162 valence electrons. The Kier molecular flexibility index (Phi) is 6.37. The van der Waals surface area contributed by atoms with Crippen LogP contribution in [0.1, 0.15) is 26.7 Å². The van der Waals surface area contributed by atoms with E-state index in [1.165, 1.54) is 10.6 Å². The van der Waals surface area contributed by atoms with Crippen LogP contribution < -0.4 is 0 Å². The van der Waals surface area contributed by atoms with Crippen LogP contribution in [0.4, 0.5) is 4.39 Å². The number of halogens is 1. The zero-order valence-electron chi connectivity index (χ0n) is 17.0. The molecule has 0 radical (unpaired) electrons. The fourth-order valence-corrected chi connectivity index (χ4v) is 4.74. The Bertz CT molecular complexity index is 825. The van der Waals surface area contributed by atoms with Crippen molar-refractivity contribution in [3.63, 3.8) is 0 Å². The molecule has 2 amide bonds. The Morgan fingerprint density at radius 1 is 1.07 bits per heavy atom. The van der Waals surface area contributed by atoms with E-state index in [9.17, 15) is 22.4 Å². The third-order valence-electron chi connectivity index (χ3n) is 5.65. The Labute approximate surface area is 170 Å². The topological polar surface area (TPSA) is 103 Å². The summed E-state index contributed by atoms with van der Waals surface area (Å²) in [5, 5.41) is 0. The summed E-state index contributed by atoms with van der Waals surface area (Å²) in [6.07, 6.45) is 0.450. The van der Waals surface area contributed by atoms with Crippen LogP contribution in [-0.4, -0.2) is 97.7 Å². The van der Waals surface area contributed by atoms with Crippen molar-refractivity contribution in [2.75, 3.05) is 45.5 Å². The molecular formula is C18H28FN5O4S. The molecule has 1 atom stereocenters. The van der Waals surface area contributed by atoms with Crippen molar-refractivity contribution >= 4 is 33.5 Å². The third kappa shape index (κ3) is 4.82. The number of piperazine rings is 1. The Hall–Kier alpha value is -1.88. The molecule has 11 heteroatoms. The van der Waals surface area contributed by atoms with E-state index in [0.717, 1.165) is 0 Å². The number of piperidine rings is 1. The monoisotopic (exact) mass is 429 g/mol. The van der Waals surface area contributed by atoms with E-state index in [1.54, 1.807) is 18.7 Å². The molecule has 0 aliphatic carbocycles. The van der Waals surface area contributed by atoms with Gasteiger partial charge in [-0.25, -0.2) is 22.1 Å². The molecule has 2 fully saturated rings. The predicted molar refractivity (Wildman–Crippen MR) is 107 cm³/mol. The van der Waals surface area contributed by atoms with Crippen molar-refractivity contribution in [3.05, 3.63) is 0 Å². The van der Waals surface area contributed by atoms with Crippen LogP contribution in [-0.2, 0) is 19.6 Å². The highest BCUT2D eigenvalue weighted by Gasteiger charge is 2.35. The molecule has 0 aromatic rings. The zero-order chi connectivity index (χ0) is 21.3. The second-order valence-corrected chi connectivity index (χ2v) is 10.0. The number of alkyl halides is 1. The highest BCUT2D eigenvalue weighted by Crippen LogP contribution is 2.22. The van der Waals surface area contributed by atoms with Gasteiger partial charge in [-0.1, -0.05) is 13.8 Å². The highest BCUT2D eigenvalue weighted by atomic mass is 32.2. The van der Waals surface area contributed by atoms with E-state index in [0.29, 0.717) is 52.1 Å². The number of hydrogen-bond donors (Lipinski definition) is 0. The second kappa shape index (κ2) is 8.47. The molecule has 9 nitrogen and oxygen atoms in total. The van der Waals surface area contributed by atoms with E-state index >= 15 is 0 Å². The lowest BCUT2D eigenvalue weighted by atomic mass is 9.96. The number of hydrogen-bond acceptors (Lipinski definition) is 6. The summed E-state index contributed by atoms with van der Waals surface area (Å²) in [4.78, 5) is 36.3. The van der Waals surface area contributed by atoms with E-state index in [-0.39, 0.29) is 29.4 Å². The van der Waals surface area contributed by atoms with Gasteiger partial charge in [0, 0.05) is 45.2 Å². The molecule has 0 aromatic carbocycles. The molecule has 0 aromatic heterocycles. The standard InChI is InChI=1S/C18H28FN5O4S/c1-12(2)15-14(19)16(25)21-18(20-15)23-10-8-22(9-11-23)17(26)13-4-6-24(7-5-13)29(3,27)28/h12-14H,4-11H2,1-3H3. The van der Waals surface area contributed by atoms with Gasteiger partial charge in [0.25, 0.3) is 5.91 Å². The molecule has 29 heavy (non-hydrogen) atoms. The van der Waals surface area contributed by atoms with Crippen LogP contribution >= 0.6 is 0 Å². The van der Waals surface area contributed by atoms with E-state index < -0.39 is 22.1 Å². The van der Waals surface area contributed by atoms with Crippen molar-refractivity contribution in [2.24, 2.45) is 21.8 Å². The van der Waals surface area contributed by atoms with Crippen LogP contribution in [0.15, 0.2) is 9.98 Å². The van der Waals surface area contributed by atoms with Crippen molar-refractivity contribution in [1.29, 1.82) is 0 Å². The largest absolute Gasteiger partial charge is 0.339 e. The van der Waals surface area contributed by atoms with E-state index in [4.69, 9.17) is 0 Å². The predicted octanol–water partition coefficient (Wildman–Crippen LogP) is 0.134. The molecule has 1 unspecified atom stereocenters. The summed E-state index contributed by atoms with van der Waals surface area (Å²) >= 11 is 0. The van der Waals surface area contributed by atoms with Gasteiger partial charge in [0.1, 0.15) is 0 Å². The van der Waals surface area contributed by atoms with Crippen molar-refractivity contribution in [1.82, 2.24) is 14.1 Å². The van der Waals surface area contributed by atoms with Crippen LogP contribution in [0, 0.1) is 11.8 Å². The third-order valence-corrected chi connectivity index (χ3v) is 6.96. The van der Waals surface area contributed by atoms with Crippen LogP contribution in [0.2, 0.25) is 0 Å². The number of sulfonamides is 1. The van der Waals surface area contributed by atoms with Gasteiger partial charge in [0.2, 0.25) is 28.1 Å². The summed E-state index contributed by atoms with van der Waals surface area (Å²) in [6, 6.07) is 0. The molecule has 0 N–H and O–H groups in total. The molecule has 3 rings (SSSR count). The van der Waals surface area contributed by atoms with Gasteiger partial charge < -0.3 is 9.80 Å². The summed E-state index contributed by atoms with van der Waals surface area (Å²) in [7, 11) is -3.22. The van der Waals surface area contributed by atoms with Gasteiger partial charge in [0.05, 0.1) is 12.0 Å². The lowest BCUT2D eigenvalue weighted by Gasteiger charge is -2.39. The minimum Gasteiger partial charge on any atom is -0.339 e.